The molecule has 1 aromatic carbocycles. The van der Waals surface area contributed by atoms with Gasteiger partial charge in [-0.3, -0.25) is 4.79 Å². The van der Waals surface area contributed by atoms with E-state index in [1.807, 2.05) is 4.90 Å². The van der Waals surface area contributed by atoms with Crippen molar-refractivity contribution in [1.82, 2.24) is 9.21 Å². The van der Waals surface area contributed by atoms with Crippen LogP contribution in [0.15, 0.2) is 34.2 Å². The number of hydrogen-bond donors (Lipinski definition) is 1. The number of hydrogen-bond acceptors (Lipinski definition) is 6. The van der Waals surface area contributed by atoms with Gasteiger partial charge in [0.15, 0.2) is 0 Å². The summed E-state index contributed by atoms with van der Waals surface area (Å²) in [5, 5.41) is 3.18. The molecular weight excluding hydrogens is 394 g/mol. The third-order valence-electron chi connectivity index (χ3n) is 6.28. The maximum absolute atomic E-state index is 13.2. The zero-order chi connectivity index (χ0) is 20.2. The highest BCUT2D eigenvalue weighted by Crippen LogP contribution is 2.48. The van der Waals surface area contributed by atoms with Gasteiger partial charge in [-0.05, 0) is 42.2 Å². The number of nitrogens with one attached hydrogen (secondary N) is 1. The van der Waals surface area contributed by atoms with Gasteiger partial charge in [0.2, 0.25) is 15.9 Å². The van der Waals surface area contributed by atoms with Gasteiger partial charge in [-0.1, -0.05) is 0 Å². The summed E-state index contributed by atoms with van der Waals surface area (Å²) in [6.45, 7) is 3.42. The molecule has 0 radical (unpaired) electrons. The minimum atomic E-state index is -3.60. The van der Waals surface area contributed by atoms with Crippen LogP contribution < -0.4 is 10.1 Å². The number of methoxy groups -OCH3 is 1. The fourth-order valence-corrected chi connectivity index (χ4v) is 5.93. The van der Waals surface area contributed by atoms with Crippen molar-refractivity contribution < 1.29 is 22.7 Å². The summed E-state index contributed by atoms with van der Waals surface area (Å²) < 4.78 is 38.6. The van der Waals surface area contributed by atoms with E-state index in [-0.39, 0.29) is 16.2 Å². The van der Waals surface area contributed by atoms with Crippen LogP contribution >= 0.6 is 0 Å². The molecule has 9 heteroatoms. The summed E-state index contributed by atoms with van der Waals surface area (Å²) in [6.07, 6.45) is 1.74. The summed E-state index contributed by atoms with van der Waals surface area (Å²) in [5.41, 5.74) is 2.46. The first-order valence-corrected chi connectivity index (χ1v) is 11.4. The summed E-state index contributed by atoms with van der Waals surface area (Å²) >= 11 is 0. The molecule has 0 saturated heterocycles. The lowest BCUT2D eigenvalue weighted by Crippen LogP contribution is -2.41. The van der Waals surface area contributed by atoms with Gasteiger partial charge in [-0.2, -0.15) is 4.31 Å². The normalized spacial score (nSPS) is 22.7. The van der Waals surface area contributed by atoms with E-state index < -0.39 is 10.0 Å². The lowest BCUT2D eigenvalue weighted by Gasteiger charge is -2.26. The van der Waals surface area contributed by atoms with Crippen molar-refractivity contribution in [2.45, 2.75) is 17.7 Å². The highest BCUT2D eigenvalue weighted by atomic mass is 32.2. The summed E-state index contributed by atoms with van der Waals surface area (Å²) in [7, 11) is -1.98. The Labute approximate surface area is 170 Å². The molecule has 0 spiro atoms. The third-order valence-corrected chi connectivity index (χ3v) is 8.06. The number of fused-ring (bicyclic) bond motifs is 1. The largest absolute Gasteiger partial charge is 0.490 e. The average molecular weight is 420 g/mol. The Bertz CT molecular complexity index is 981. The van der Waals surface area contributed by atoms with Gasteiger partial charge in [0.1, 0.15) is 12.4 Å². The second-order valence-corrected chi connectivity index (χ2v) is 10.2. The number of ether oxygens (including phenoxy) is 2. The van der Waals surface area contributed by atoms with E-state index in [2.05, 4.69) is 5.32 Å². The lowest BCUT2D eigenvalue weighted by molar-refractivity contribution is -0.137. The standard InChI is InChI=1S/C20H25N3O5S/c1-27-13-20(4-5-20)19(24)22-9-14-11-23(12-15(14)10-22)29(25,26)16-2-3-18-17(8-16)21-6-7-28-18/h2-3,8,21H,4-7,9-13H2,1H3. The van der Waals surface area contributed by atoms with Crippen LogP contribution in [0.4, 0.5) is 5.69 Å². The molecule has 156 valence electrons. The molecule has 29 heavy (non-hydrogen) atoms. The molecule has 1 saturated carbocycles. The fourth-order valence-electron chi connectivity index (χ4n) is 4.47. The van der Waals surface area contributed by atoms with Gasteiger partial charge in [-0.15, -0.1) is 0 Å². The first-order valence-electron chi connectivity index (χ1n) is 9.92. The number of nitrogens with zero attached hydrogens (tertiary/aromatic N) is 2. The highest BCUT2D eigenvalue weighted by molar-refractivity contribution is 7.89. The number of anilines is 1. The Morgan fingerprint density at radius 3 is 2.59 bits per heavy atom. The molecule has 0 unspecified atom stereocenters. The van der Waals surface area contributed by atoms with Crippen molar-refractivity contribution >= 4 is 21.6 Å². The molecule has 8 nitrogen and oxygen atoms in total. The zero-order valence-electron chi connectivity index (χ0n) is 16.4. The van der Waals surface area contributed by atoms with E-state index in [1.54, 1.807) is 25.3 Å². The molecule has 4 aliphatic rings. The van der Waals surface area contributed by atoms with Crippen LogP contribution in [0.5, 0.6) is 5.75 Å². The minimum absolute atomic E-state index is 0.143. The molecule has 1 aliphatic carbocycles. The van der Waals surface area contributed by atoms with Gasteiger partial charge in [0.05, 0.1) is 22.6 Å². The van der Waals surface area contributed by atoms with Crippen molar-refractivity contribution in [2.75, 3.05) is 58.4 Å². The van der Waals surface area contributed by atoms with E-state index in [9.17, 15) is 13.2 Å². The molecule has 1 aromatic rings. The minimum Gasteiger partial charge on any atom is -0.490 e. The Morgan fingerprint density at radius 1 is 1.21 bits per heavy atom. The van der Waals surface area contributed by atoms with Crippen LogP contribution in [-0.4, -0.2) is 76.6 Å². The number of carbonyl (C=O) groups excluding carboxylic acids is 1. The summed E-state index contributed by atoms with van der Waals surface area (Å²) in [6, 6.07) is 4.95. The van der Waals surface area contributed by atoms with E-state index in [0.717, 1.165) is 24.0 Å². The van der Waals surface area contributed by atoms with Crippen LogP contribution in [0.1, 0.15) is 12.8 Å². The zero-order valence-corrected chi connectivity index (χ0v) is 17.3. The molecule has 1 N–H and O–H groups in total. The molecule has 1 amide bonds. The molecule has 1 fully saturated rings. The van der Waals surface area contributed by atoms with Crippen LogP contribution in [0.3, 0.4) is 0 Å². The molecule has 0 atom stereocenters. The van der Waals surface area contributed by atoms with E-state index >= 15 is 0 Å². The van der Waals surface area contributed by atoms with Crippen molar-refractivity contribution in [3.63, 3.8) is 0 Å². The smallest absolute Gasteiger partial charge is 0.243 e. The number of sulfonamides is 1. The molecule has 3 aliphatic heterocycles. The monoisotopic (exact) mass is 419 g/mol. The van der Waals surface area contributed by atoms with Crippen molar-refractivity contribution in [3.05, 3.63) is 29.3 Å². The van der Waals surface area contributed by atoms with Crippen molar-refractivity contribution in [1.29, 1.82) is 0 Å². The second kappa shape index (κ2) is 6.72. The SMILES string of the molecule is COCC1(C(=O)N2CC3=C(C2)CN(S(=O)(=O)c2ccc4c(c2)NCCO4)C3)CC1. The topological polar surface area (TPSA) is 88.2 Å². The first kappa shape index (κ1) is 18.9. The predicted octanol–water partition coefficient (Wildman–Crippen LogP) is 1.06. The van der Waals surface area contributed by atoms with E-state index in [0.29, 0.717) is 57.4 Å². The number of amides is 1. The van der Waals surface area contributed by atoms with Crippen LogP contribution in [0.25, 0.3) is 0 Å². The summed E-state index contributed by atoms with van der Waals surface area (Å²) in [4.78, 5) is 15.0. The quantitative estimate of drug-likeness (QED) is 0.718. The van der Waals surface area contributed by atoms with Crippen LogP contribution in [0, 0.1) is 5.41 Å². The van der Waals surface area contributed by atoms with Crippen LogP contribution in [-0.2, 0) is 19.6 Å². The van der Waals surface area contributed by atoms with E-state index in [1.165, 1.54) is 4.31 Å². The van der Waals surface area contributed by atoms with Gasteiger partial charge in [-0.25, -0.2) is 8.42 Å². The van der Waals surface area contributed by atoms with Gasteiger partial charge in [0, 0.05) is 39.8 Å². The maximum Gasteiger partial charge on any atom is 0.243 e. The van der Waals surface area contributed by atoms with Crippen molar-refractivity contribution in [3.8, 4) is 5.75 Å². The number of rotatable bonds is 5. The highest BCUT2D eigenvalue weighted by Gasteiger charge is 2.53. The molecular formula is C20H25N3O5S. The number of carbonyl (C=O) groups is 1. The maximum atomic E-state index is 13.2. The Hall–Kier alpha value is -2.10. The predicted molar refractivity (Wildman–Crippen MR) is 106 cm³/mol. The second-order valence-electron chi connectivity index (χ2n) is 8.29. The molecule has 0 bridgehead atoms. The average Bonchev–Trinajstić information content (AvgIpc) is 3.21. The van der Waals surface area contributed by atoms with E-state index in [4.69, 9.17) is 9.47 Å². The van der Waals surface area contributed by atoms with Gasteiger partial charge in [0.25, 0.3) is 0 Å². The Kier molecular flexibility index (Phi) is 4.38. The summed E-state index contributed by atoms with van der Waals surface area (Å²) in [5.74, 6) is 0.820. The first-order chi connectivity index (χ1) is 13.9. The van der Waals surface area contributed by atoms with Gasteiger partial charge >= 0.3 is 0 Å². The lowest BCUT2D eigenvalue weighted by atomic mass is 10.1. The molecule has 0 aromatic heterocycles. The van der Waals surface area contributed by atoms with Gasteiger partial charge < -0.3 is 19.7 Å². The Balaban J connectivity index is 1.27. The molecule has 5 rings (SSSR count). The Morgan fingerprint density at radius 2 is 1.93 bits per heavy atom. The van der Waals surface area contributed by atoms with Crippen LogP contribution in [0.2, 0.25) is 0 Å². The number of benzene rings is 1. The van der Waals surface area contributed by atoms with Crippen molar-refractivity contribution in [2.24, 2.45) is 5.41 Å². The fraction of sp³-hybridized carbons (Fsp3) is 0.550. The third kappa shape index (κ3) is 3.12. The molecule has 3 heterocycles.